The molecule has 0 bridgehead atoms. The van der Waals surface area contributed by atoms with Crippen molar-refractivity contribution in [2.24, 2.45) is 4.99 Å². The summed E-state index contributed by atoms with van der Waals surface area (Å²) < 4.78 is 10.8. The summed E-state index contributed by atoms with van der Waals surface area (Å²) in [4.78, 5) is 16.3. The van der Waals surface area contributed by atoms with Crippen molar-refractivity contribution in [3.63, 3.8) is 0 Å². The molecule has 160 valence electrons. The second kappa shape index (κ2) is 11.6. The van der Waals surface area contributed by atoms with Gasteiger partial charge in [-0.15, -0.1) is 0 Å². The fourth-order valence-corrected chi connectivity index (χ4v) is 2.80. The number of nitrogens with one attached hydrogen (secondary N) is 3. The van der Waals surface area contributed by atoms with Crippen molar-refractivity contribution in [3.8, 4) is 0 Å². The number of aromatic nitrogens is 1. The molecule has 0 radical (unpaired) electrons. The molecule has 1 atom stereocenters. The summed E-state index contributed by atoms with van der Waals surface area (Å²) in [6.45, 7) is 12.9. The van der Waals surface area contributed by atoms with E-state index < -0.39 is 11.7 Å². The van der Waals surface area contributed by atoms with E-state index in [4.69, 9.17) is 9.26 Å². The molecule has 1 aromatic heterocycles. The third-order valence-corrected chi connectivity index (χ3v) is 4.14. The summed E-state index contributed by atoms with van der Waals surface area (Å²) in [5.74, 6) is 1.56. The third-order valence-electron chi connectivity index (χ3n) is 4.14. The summed E-state index contributed by atoms with van der Waals surface area (Å²) >= 11 is 0. The van der Waals surface area contributed by atoms with Crippen molar-refractivity contribution in [1.29, 1.82) is 0 Å². The van der Waals surface area contributed by atoms with E-state index in [1.807, 2.05) is 27.7 Å². The highest BCUT2D eigenvalue weighted by atomic mass is 16.6. The number of carbonyl (C=O) groups excluding carboxylic acids is 1. The summed E-state index contributed by atoms with van der Waals surface area (Å²) in [7, 11) is 1.72. The van der Waals surface area contributed by atoms with Crippen LogP contribution in [0.4, 0.5) is 4.79 Å². The molecule has 8 heteroatoms. The topological polar surface area (TPSA) is 101 Å². The number of aryl methyl sites for hydroxylation is 2. The van der Waals surface area contributed by atoms with Crippen LogP contribution < -0.4 is 16.0 Å². The molecule has 3 N–H and O–H groups in total. The number of rotatable bonds is 9. The minimum absolute atomic E-state index is 0.0496. The molecule has 1 heterocycles. The summed E-state index contributed by atoms with van der Waals surface area (Å²) in [5.41, 5.74) is 1.54. The Balaban J connectivity index is 2.61. The number of alkyl carbamates (subject to hydrolysis) is 1. The number of hydrogen-bond donors (Lipinski definition) is 3. The molecule has 0 spiro atoms. The quantitative estimate of drug-likeness (QED) is 0.439. The van der Waals surface area contributed by atoms with Crippen LogP contribution in [-0.4, -0.2) is 42.4 Å². The number of guanidine groups is 1. The van der Waals surface area contributed by atoms with Crippen molar-refractivity contribution in [2.75, 3.05) is 13.6 Å². The van der Waals surface area contributed by atoms with Gasteiger partial charge in [0.05, 0.1) is 5.69 Å². The van der Waals surface area contributed by atoms with Crippen molar-refractivity contribution in [2.45, 2.75) is 85.4 Å². The van der Waals surface area contributed by atoms with Crippen molar-refractivity contribution < 1.29 is 14.1 Å². The van der Waals surface area contributed by atoms with Crippen LogP contribution in [0.2, 0.25) is 0 Å². The van der Waals surface area contributed by atoms with Gasteiger partial charge < -0.3 is 25.2 Å². The van der Waals surface area contributed by atoms with Crippen LogP contribution in [0.3, 0.4) is 0 Å². The van der Waals surface area contributed by atoms with Gasteiger partial charge in [0, 0.05) is 38.2 Å². The minimum Gasteiger partial charge on any atom is -0.444 e. The van der Waals surface area contributed by atoms with Gasteiger partial charge in [0.1, 0.15) is 11.4 Å². The van der Waals surface area contributed by atoms with Gasteiger partial charge in [-0.3, -0.25) is 4.99 Å². The first-order valence-corrected chi connectivity index (χ1v) is 10.1. The average Bonchev–Trinajstić information content (AvgIpc) is 3.02. The molecule has 28 heavy (non-hydrogen) atoms. The second-order valence-electron chi connectivity index (χ2n) is 7.68. The van der Waals surface area contributed by atoms with Gasteiger partial charge in [0.25, 0.3) is 0 Å². The van der Waals surface area contributed by atoms with Crippen LogP contribution in [0.5, 0.6) is 0 Å². The Morgan fingerprint density at radius 2 is 1.93 bits per heavy atom. The molecule has 0 aliphatic heterocycles. The molecular weight excluding hydrogens is 358 g/mol. The van der Waals surface area contributed by atoms with E-state index in [1.54, 1.807) is 7.05 Å². The molecule has 8 nitrogen and oxygen atoms in total. The fraction of sp³-hybridized carbons (Fsp3) is 0.750. The Bertz CT molecular complexity index is 613. The second-order valence-corrected chi connectivity index (χ2v) is 7.68. The van der Waals surface area contributed by atoms with Gasteiger partial charge in [-0.25, -0.2) is 4.79 Å². The molecule has 1 rings (SSSR count). The van der Waals surface area contributed by atoms with E-state index in [2.05, 4.69) is 39.9 Å². The smallest absolute Gasteiger partial charge is 0.407 e. The number of ether oxygens (including phenoxy) is 1. The highest BCUT2D eigenvalue weighted by molar-refractivity contribution is 5.79. The zero-order chi connectivity index (χ0) is 21.2. The summed E-state index contributed by atoms with van der Waals surface area (Å²) in [6.07, 6.45) is 3.02. The SMILES string of the molecule is CCCC(CNC(=NC)NCc1c(CC)noc1CC)NC(=O)OC(C)(C)C. The molecule has 0 aliphatic rings. The lowest BCUT2D eigenvalue weighted by Crippen LogP contribution is -2.48. The molecule has 1 unspecified atom stereocenters. The van der Waals surface area contributed by atoms with Gasteiger partial charge in [-0.2, -0.15) is 0 Å². The lowest BCUT2D eigenvalue weighted by molar-refractivity contribution is 0.0502. The predicted octanol–water partition coefficient (Wildman–Crippen LogP) is 3.16. The largest absolute Gasteiger partial charge is 0.444 e. The van der Waals surface area contributed by atoms with E-state index in [1.165, 1.54) is 0 Å². The number of amides is 1. The fourth-order valence-electron chi connectivity index (χ4n) is 2.80. The van der Waals surface area contributed by atoms with Crippen LogP contribution in [0.15, 0.2) is 9.52 Å². The van der Waals surface area contributed by atoms with Gasteiger partial charge >= 0.3 is 6.09 Å². The van der Waals surface area contributed by atoms with Crippen molar-refractivity contribution in [3.05, 3.63) is 17.0 Å². The molecule has 1 amide bonds. The Morgan fingerprint density at radius 1 is 1.21 bits per heavy atom. The minimum atomic E-state index is -0.515. The normalized spacial score (nSPS) is 13.2. The first-order valence-electron chi connectivity index (χ1n) is 10.1. The van der Waals surface area contributed by atoms with Crippen molar-refractivity contribution >= 4 is 12.1 Å². The lowest BCUT2D eigenvalue weighted by Gasteiger charge is -2.24. The zero-order valence-corrected chi connectivity index (χ0v) is 18.4. The van der Waals surface area contributed by atoms with E-state index >= 15 is 0 Å². The predicted molar refractivity (Wildman–Crippen MR) is 112 cm³/mol. The van der Waals surface area contributed by atoms with Gasteiger partial charge in [0.15, 0.2) is 5.96 Å². The summed E-state index contributed by atoms with van der Waals surface area (Å²) in [6, 6.07) is -0.0496. The highest BCUT2D eigenvalue weighted by Gasteiger charge is 2.19. The van der Waals surface area contributed by atoms with E-state index in [-0.39, 0.29) is 6.04 Å². The molecule has 0 saturated heterocycles. The van der Waals surface area contributed by atoms with Crippen LogP contribution in [0.1, 0.15) is 71.4 Å². The van der Waals surface area contributed by atoms with Crippen molar-refractivity contribution in [1.82, 2.24) is 21.1 Å². The van der Waals surface area contributed by atoms with E-state index in [9.17, 15) is 4.79 Å². The lowest BCUT2D eigenvalue weighted by atomic mass is 10.1. The van der Waals surface area contributed by atoms with Crippen LogP contribution in [-0.2, 0) is 24.1 Å². The first-order chi connectivity index (χ1) is 13.2. The van der Waals surface area contributed by atoms with Crippen LogP contribution in [0, 0.1) is 0 Å². The first kappa shape index (κ1) is 23.8. The zero-order valence-electron chi connectivity index (χ0n) is 18.4. The maximum absolute atomic E-state index is 12.1. The van der Waals surface area contributed by atoms with E-state index in [0.29, 0.717) is 19.0 Å². The molecule has 0 aromatic carbocycles. The van der Waals surface area contributed by atoms with Gasteiger partial charge in [-0.05, 0) is 33.6 Å². The van der Waals surface area contributed by atoms with Crippen LogP contribution in [0.25, 0.3) is 0 Å². The van der Waals surface area contributed by atoms with Gasteiger partial charge in [-0.1, -0.05) is 32.3 Å². The maximum atomic E-state index is 12.1. The number of aliphatic imine (C=N–C) groups is 1. The Hall–Kier alpha value is -2.25. The Morgan fingerprint density at radius 3 is 2.46 bits per heavy atom. The average molecular weight is 396 g/mol. The monoisotopic (exact) mass is 395 g/mol. The highest BCUT2D eigenvalue weighted by Crippen LogP contribution is 2.15. The Kier molecular flexibility index (Phi) is 9.82. The molecule has 0 saturated carbocycles. The molecule has 0 aliphatic carbocycles. The molecular formula is C20H37N5O3. The van der Waals surface area contributed by atoms with Crippen LogP contribution >= 0.6 is 0 Å². The number of hydrogen-bond acceptors (Lipinski definition) is 5. The number of carbonyl (C=O) groups is 1. The third kappa shape index (κ3) is 8.19. The van der Waals surface area contributed by atoms with E-state index in [0.717, 1.165) is 42.7 Å². The molecule has 1 aromatic rings. The maximum Gasteiger partial charge on any atom is 0.407 e. The number of nitrogens with zero attached hydrogens (tertiary/aromatic N) is 2. The van der Waals surface area contributed by atoms with Gasteiger partial charge in [0.2, 0.25) is 0 Å². The molecule has 0 fully saturated rings. The Labute approximate surface area is 168 Å². The standard InChI is InChI=1S/C20H37N5O3/c1-8-11-14(24-19(26)27-20(4,5)6)12-22-18(21-7)23-13-15-16(9-2)25-28-17(15)10-3/h14H,8-13H2,1-7H3,(H,24,26)(H2,21,22,23). The summed E-state index contributed by atoms with van der Waals surface area (Å²) in [5, 5.41) is 13.6.